The third kappa shape index (κ3) is 26.5. The fraction of sp³-hybridized carbons (Fsp3) is 0.644. The lowest BCUT2D eigenvalue weighted by Gasteiger charge is -2.38. The first kappa shape index (κ1) is 100. The minimum Gasteiger partial charge on any atom is -0.461 e. The van der Waals surface area contributed by atoms with Crippen molar-refractivity contribution in [3.05, 3.63) is 134 Å². The van der Waals surface area contributed by atoms with Gasteiger partial charge in [0, 0.05) is 95.0 Å². The fourth-order valence-electron chi connectivity index (χ4n) is 12.9. The Kier molecular flexibility index (Phi) is 35.8. The number of ketones is 1. The van der Waals surface area contributed by atoms with Gasteiger partial charge >= 0.3 is 41.8 Å². The summed E-state index contributed by atoms with van der Waals surface area (Å²) in [4.78, 5) is 103. The average molecular weight is 1820 g/mol. The van der Waals surface area contributed by atoms with Crippen molar-refractivity contribution in [3.8, 4) is 0 Å². The highest BCUT2D eigenvalue weighted by molar-refractivity contribution is 7.99. The molecule has 0 aromatic carbocycles. The molecule has 11 heterocycles. The van der Waals surface area contributed by atoms with E-state index < -0.39 is 80.2 Å². The summed E-state index contributed by atoms with van der Waals surface area (Å²) in [6, 6.07) is 23.6. The van der Waals surface area contributed by atoms with Crippen LogP contribution < -0.4 is 0 Å². The van der Waals surface area contributed by atoms with Gasteiger partial charge in [0.1, 0.15) is 29.2 Å². The van der Waals surface area contributed by atoms with Crippen LogP contribution in [0.25, 0.3) is 0 Å². The van der Waals surface area contributed by atoms with Gasteiger partial charge in [0.15, 0.2) is 36.5 Å². The summed E-state index contributed by atoms with van der Waals surface area (Å²) in [7, 11) is -6.16. The quantitative estimate of drug-likeness (QED) is 0.0402. The van der Waals surface area contributed by atoms with Gasteiger partial charge in [-0.25, -0.2) is 16.8 Å². The van der Waals surface area contributed by atoms with Gasteiger partial charge in [0.25, 0.3) is 0 Å². The van der Waals surface area contributed by atoms with Gasteiger partial charge in [0.2, 0.25) is 0 Å². The smallest absolute Gasteiger partial charge is 0.312 e. The van der Waals surface area contributed by atoms with Crippen molar-refractivity contribution in [2.75, 3.05) is 54.3 Å². The van der Waals surface area contributed by atoms with Crippen LogP contribution in [0.15, 0.2) is 105 Å². The number of sulfone groups is 2. The van der Waals surface area contributed by atoms with Gasteiger partial charge in [-0.1, -0.05) is 77.9 Å². The van der Waals surface area contributed by atoms with Crippen LogP contribution in [0.1, 0.15) is 276 Å². The molecule has 2 atom stereocenters. The predicted octanol–water partition coefficient (Wildman–Crippen LogP) is 21.4. The second kappa shape index (κ2) is 42.4. The Morgan fingerprint density at radius 3 is 0.874 bits per heavy atom. The number of rotatable bonds is 24. The highest BCUT2D eigenvalue weighted by atomic mass is 32.2. The standard InChI is InChI=1S/C16H22O3S.C15H22O4S2.C15H20O4S.C15H22O3S.C15H22O2S2.C14H20O4S2/c1-4-15(2,3)14(18)19-16(13-6-5-11-20-13)9-7-12(17)8-10-16;1-4-14(2,3)13(16)19-15(12-6-5-9-20-12)7-10-21(17,18)11-8-15;1-4-14(2,3)13(17)19-15(11-6-5-9-20-11)8-7-12(16)18-10-15;1-4-14(2,3)13(16)18-15(7-9-17-10-8-15)12-6-5-11-19-12;1-4-14(2,3)13(16)17-15(7-10-18-11-8-15)12-6-5-9-19-12;1-4-13(2,3)12(15)18-14(11-6-5-8-19-11)7-9-20(16,17)10-14/h5-6,11H,4,7-10H2,1-3H3;5-6,9H,4,7-8,10-11H2,1-3H3;5-6,9H,4,7-8,10H2,1-3H3;5-6,11H,4,7-10H2,1-3H3;5-6,9H,4,7-8,10-11H2,1-3H3;5-6,8H,4,7,9-10H2,1-3H3. The summed E-state index contributed by atoms with van der Waals surface area (Å²) in [6.07, 6.45) is 11.8. The van der Waals surface area contributed by atoms with E-state index in [1.165, 1.54) is 38.9 Å². The molecule has 0 radical (unpaired) electrons. The Labute approximate surface area is 735 Å². The second-order valence-electron chi connectivity index (χ2n) is 35.5. The number of hydrogen-bond donors (Lipinski definition) is 0. The Hall–Kier alpha value is -5.63. The molecule has 0 bridgehead atoms. The average Bonchev–Trinajstić information content (AvgIpc) is 1.38. The molecule has 5 aliphatic heterocycles. The molecule has 20 nitrogen and oxygen atoms in total. The lowest BCUT2D eigenvalue weighted by molar-refractivity contribution is -0.192. The van der Waals surface area contributed by atoms with E-state index in [4.69, 9.17) is 37.9 Å². The van der Waals surface area contributed by atoms with Gasteiger partial charge in [-0.15, -0.1) is 68.0 Å². The maximum Gasteiger partial charge on any atom is 0.312 e. The second-order valence-corrected chi connectivity index (χ2v) is 46.9. The van der Waals surface area contributed by atoms with Crippen molar-refractivity contribution < 1.29 is 93.1 Å². The predicted molar refractivity (Wildman–Crippen MR) is 478 cm³/mol. The minimum atomic E-state index is -3.15. The number of esters is 7. The molecule has 2 unspecified atom stereocenters. The van der Waals surface area contributed by atoms with E-state index in [0.29, 0.717) is 83.8 Å². The van der Waals surface area contributed by atoms with Crippen LogP contribution >= 0.6 is 79.8 Å². The molecule has 0 N–H and O–H groups in total. The lowest BCUT2D eigenvalue weighted by Crippen LogP contribution is -2.44. The number of Topliss-reactive ketones (excluding diaryl/α,β-unsaturated/α-hetero) is 1. The molecular weight excluding hydrogens is 1690 g/mol. The largest absolute Gasteiger partial charge is 0.461 e. The molecule has 6 aromatic heterocycles. The first-order valence-corrected chi connectivity index (χ1v) is 51.7. The third-order valence-electron chi connectivity index (χ3n) is 24.5. The zero-order valence-electron chi connectivity index (χ0n) is 73.0. The van der Waals surface area contributed by atoms with Crippen LogP contribution in [-0.4, -0.2) is 119 Å². The van der Waals surface area contributed by atoms with Crippen molar-refractivity contribution in [1.29, 1.82) is 0 Å². The first-order chi connectivity index (χ1) is 55.7. The van der Waals surface area contributed by atoms with Crippen molar-refractivity contribution in [1.82, 2.24) is 0 Å². The highest BCUT2D eigenvalue weighted by Crippen LogP contribution is 2.49. The van der Waals surface area contributed by atoms with E-state index >= 15 is 0 Å². The van der Waals surface area contributed by atoms with Crippen LogP contribution in [0.5, 0.6) is 0 Å². The Morgan fingerprint density at radius 2 is 0.597 bits per heavy atom. The van der Waals surface area contributed by atoms with Gasteiger partial charge in [-0.3, -0.25) is 38.4 Å². The van der Waals surface area contributed by atoms with Crippen LogP contribution in [0.2, 0.25) is 0 Å². The van der Waals surface area contributed by atoms with Crippen molar-refractivity contribution >= 4 is 147 Å². The minimum absolute atomic E-state index is 0.0599. The SMILES string of the molecule is CCC(C)(C)C(=O)OC1(c2cccs2)CCC(=O)CC1.CCC(C)(C)C(=O)OC1(c2cccs2)CCC(=O)OC1.CCC(C)(C)C(=O)OC1(c2cccs2)CCOCC1.CCC(C)(C)C(=O)OC1(c2cccs2)CCS(=O)(=O)C1.CCC(C)(C)C(=O)OC1(c2cccs2)CCS(=O)(=O)CC1.CCC(C)(C)C(=O)OC1(c2cccs2)CCSCC1. The molecule has 12 rings (SSSR count). The first-order valence-electron chi connectivity index (χ1n) is 41.6. The molecule has 662 valence electrons. The number of carbonyl (C=O) groups excluding carboxylic acids is 8. The van der Waals surface area contributed by atoms with Gasteiger partial charge in [-0.2, -0.15) is 11.8 Å². The third-order valence-corrected chi connectivity index (χ3v) is 35.2. The Balaban J connectivity index is 0.000000197. The molecule has 29 heteroatoms. The Morgan fingerprint density at radius 1 is 0.345 bits per heavy atom. The van der Waals surface area contributed by atoms with Crippen molar-refractivity contribution in [2.45, 2.75) is 280 Å². The van der Waals surface area contributed by atoms with Crippen LogP contribution in [-0.2, 0) is 130 Å². The zero-order valence-corrected chi connectivity index (χ0v) is 80.4. The van der Waals surface area contributed by atoms with E-state index in [-0.39, 0.29) is 89.2 Å². The normalized spacial score (nSPS) is 21.2. The van der Waals surface area contributed by atoms with Crippen LogP contribution in [0, 0.1) is 32.5 Å². The topological polar surface area (TPSA) is 279 Å². The fourth-order valence-corrected chi connectivity index (χ4v) is 22.9. The summed E-state index contributed by atoms with van der Waals surface area (Å²) >= 11 is 11.4. The number of thioether (sulfide) groups is 1. The number of thiophene rings is 6. The molecule has 5 saturated heterocycles. The number of ether oxygens (including phenoxy) is 8. The van der Waals surface area contributed by atoms with E-state index in [1.54, 1.807) is 34.0 Å². The number of hydrogen-bond acceptors (Lipinski definition) is 27. The molecule has 1 aliphatic carbocycles. The molecule has 6 aliphatic rings. The highest BCUT2D eigenvalue weighted by Gasteiger charge is 2.52. The summed E-state index contributed by atoms with van der Waals surface area (Å²) < 4.78 is 93.1. The number of carbonyl (C=O) groups is 8. The maximum atomic E-state index is 12.5. The summed E-state index contributed by atoms with van der Waals surface area (Å²) in [5, 5.41) is 11.8. The van der Waals surface area contributed by atoms with E-state index in [2.05, 4.69) is 17.5 Å². The molecule has 119 heavy (non-hydrogen) atoms. The molecule has 0 amide bonds. The van der Waals surface area contributed by atoms with Crippen LogP contribution in [0.3, 0.4) is 0 Å². The van der Waals surface area contributed by atoms with Crippen molar-refractivity contribution in [3.63, 3.8) is 0 Å². The zero-order chi connectivity index (χ0) is 88.2. The van der Waals surface area contributed by atoms with E-state index in [1.807, 2.05) is 224 Å². The molecule has 0 spiro atoms. The molecule has 6 fully saturated rings. The maximum absolute atomic E-state index is 12.5. The summed E-state index contributed by atoms with van der Waals surface area (Å²) in [5.41, 5.74) is -7.01. The summed E-state index contributed by atoms with van der Waals surface area (Å²) in [6.45, 7) is 36.0. The lowest BCUT2D eigenvalue weighted by atomic mass is 9.82. The Bertz CT molecular complexity index is 4250. The molecule has 6 aromatic rings. The number of cyclic esters (lactones) is 1. The van der Waals surface area contributed by atoms with E-state index in [9.17, 15) is 55.2 Å². The van der Waals surface area contributed by atoms with E-state index in [0.717, 1.165) is 80.8 Å². The van der Waals surface area contributed by atoms with Crippen LogP contribution in [0.4, 0.5) is 0 Å². The molecular formula is C90H128O20S9. The monoisotopic (exact) mass is 1820 g/mol. The van der Waals surface area contributed by atoms with Gasteiger partial charge in [0.05, 0.1) is 73.6 Å². The summed E-state index contributed by atoms with van der Waals surface area (Å²) in [5.74, 6) is 1.13. The van der Waals surface area contributed by atoms with Crippen molar-refractivity contribution in [2.24, 2.45) is 32.5 Å². The van der Waals surface area contributed by atoms with Gasteiger partial charge < -0.3 is 37.9 Å². The van der Waals surface area contributed by atoms with Gasteiger partial charge in [-0.05, 0) is 215 Å². The molecule has 1 saturated carbocycles.